The molecule has 17 heavy (non-hydrogen) atoms. The average Bonchev–Trinajstić information content (AvgIpc) is 2.28. The van der Waals surface area contributed by atoms with Crippen LogP contribution in [0.4, 0.5) is 10.2 Å². The molecule has 2 aromatic rings. The van der Waals surface area contributed by atoms with E-state index in [4.69, 9.17) is 11.6 Å². The second-order valence-corrected chi connectivity index (χ2v) is 4.82. The summed E-state index contributed by atoms with van der Waals surface area (Å²) < 4.78 is 14.1. The molecule has 1 N–H and O–H groups in total. The fourth-order valence-electron chi connectivity index (χ4n) is 1.38. The molecule has 0 saturated carbocycles. The molecule has 1 heterocycles. The van der Waals surface area contributed by atoms with Crippen LogP contribution in [-0.4, -0.2) is 4.98 Å². The lowest BCUT2D eigenvalue weighted by Crippen LogP contribution is -2.03. The Morgan fingerprint density at radius 3 is 2.88 bits per heavy atom. The minimum atomic E-state index is -0.388. The molecular formula is C12H9BrClFN2. The summed E-state index contributed by atoms with van der Waals surface area (Å²) in [5.74, 6) is -0.158. The second kappa shape index (κ2) is 5.47. The Kier molecular flexibility index (Phi) is 3.97. The van der Waals surface area contributed by atoms with E-state index in [1.54, 1.807) is 12.3 Å². The first kappa shape index (κ1) is 12.3. The Hall–Kier alpha value is -1.13. The molecule has 0 saturated heterocycles. The van der Waals surface area contributed by atoms with Crippen molar-refractivity contribution in [3.05, 3.63) is 57.4 Å². The van der Waals surface area contributed by atoms with Crippen LogP contribution in [0.5, 0.6) is 0 Å². The lowest BCUT2D eigenvalue weighted by molar-refractivity contribution is 0.623. The van der Waals surface area contributed by atoms with Crippen LogP contribution in [0, 0.1) is 5.82 Å². The molecule has 2 nitrogen and oxygen atoms in total. The van der Waals surface area contributed by atoms with Crippen LogP contribution < -0.4 is 5.32 Å². The second-order valence-electron chi connectivity index (χ2n) is 3.47. The highest BCUT2D eigenvalue weighted by molar-refractivity contribution is 9.10. The maximum absolute atomic E-state index is 13.5. The van der Waals surface area contributed by atoms with Crippen molar-refractivity contribution in [3.8, 4) is 0 Å². The number of aromatic nitrogens is 1. The molecule has 0 spiro atoms. The molecule has 0 aliphatic rings. The van der Waals surface area contributed by atoms with Crippen molar-refractivity contribution in [1.29, 1.82) is 0 Å². The summed E-state index contributed by atoms with van der Waals surface area (Å²) in [5.41, 5.74) is 0.974. The van der Waals surface area contributed by atoms with Gasteiger partial charge in [-0.25, -0.2) is 9.37 Å². The van der Waals surface area contributed by atoms with E-state index in [0.717, 1.165) is 5.56 Å². The zero-order valence-electron chi connectivity index (χ0n) is 8.75. The van der Waals surface area contributed by atoms with Gasteiger partial charge in [0.15, 0.2) is 11.6 Å². The first-order chi connectivity index (χ1) is 8.15. The molecule has 2 rings (SSSR count). The summed E-state index contributed by atoms with van der Waals surface area (Å²) in [6.07, 6.45) is 1.55. The van der Waals surface area contributed by atoms with Crippen LogP contribution in [-0.2, 0) is 6.54 Å². The van der Waals surface area contributed by atoms with Crippen molar-refractivity contribution < 1.29 is 4.39 Å². The summed E-state index contributed by atoms with van der Waals surface area (Å²) in [7, 11) is 0. The van der Waals surface area contributed by atoms with Gasteiger partial charge in [0.2, 0.25) is 0 Å². The number of anilines is 1. The van der Waals surface area contributed by atoms with Gasteiger partial charge >= 0.3 is 0 Å². The molecule has 0 radical (unpaired) electrons. The number of nitrogens with one attached hydrogen (secondary N) is 1. The molecule has 0 aliphatic heterocycles. The summed E-state index contributed by atoms with van der Waals surface area (Å²) >= 11 is 9.01. The van der Waals surface area contributed by atoms with Gasteiger partial charge in [-0.15, -0.1) is 0 Å². The van der Waals surface area contributed by atoms with E-state index in [1.165, 1.54) is 6.07 Å². The van der Waals surface area contributed by atoms with E-state index in [-0.39, 0.29) is 11.6 Å². The van der Waals surface area contributed by atoms with E-state index in [0.29, 0.717) is 16.0 Å². The lowest BCUT2D eigenvalue weighted by Gasteiger charge is -2.07. The normalized spacial score (nSPS) is 10.3. The van der Waals surface area contributed by atoms with Crippen molar-refractivity contribution in [3.63, 3.8) is 0 Å². The van der Waals surface area contributed by atoms with Crippen LogP contribution in [0.3, 0.4) is 0 Å². The predicted octanol–water partition coefficient (Wildman–Crippen LogP) is 4.25. The Morgan fingerprint density at radius 1 is 1.35 bits per heavy atom. The SMILES string of the molecule is Fc1cc(Br)cnc1NCc1cccc(Cl)c1. The van der Waals surface area contributed by atoms with Crippen LogP contribution in [0.15, 0.2) is 41.0 Å². The predicted molar refractivity (Wildman–Crippen MR) is 70.7 cm³/mol. The first-order valence-corrected chi connectivity index (χ1v) is 6.11. The largest absolute Gasteiger partial charge is 0.364 e. The van der Waals surface area contributed by atoms with Gasteiger partial charge in [-0.1, -0.05) is 23.7 Å². The zero-order chi connectivity index (χ0) is 12.3. The van der Waals surface area contributed by atoms with Gasteiger partial charge in [0, 0.05) is 22.2 Å². The molecule has 0 atom stereocenters. The van der Waals surface area contributed by atoms with Crippen LogP contribution in [0.2, 0.25) is 5.02 Å². The Balaban J connectivity index is 2.07. The van der Waals surface area contributed by atoms with Gasteiger partial charge in [0.1, 0.15) is 0 Å². The summed E-state index contributed by atoms with van der Waals surface area (Å²) in [6.45, 7) is 0.478. The molecule has 88 valence electrons. The van der Waals surface area contributed by atoms with Gasteiger partial charge in [0.05, 0.1) is 0 Å². The van der Waals surface area contributed by atoms with Crippen LogP contribution in [0.1, 0.15) is 5.56 Å². The van der Waals surface area contributed by atoms with E-state index in [9.17, 15) is 4.39 Å². The molecule has 0 fully saturated rings. The van der Waals surface area contributed by atoms with Gasteiger partial charge in [-0.05, 0) is 39.7 Å². The molecule has 1 aromatic carbocycles. The number of nitrogens with zero attached hydrogens (tertiary/aromatic N) is 1. The maximum Gasteiger partial charge on any atom is 0.166 e. The van der Waals surface area contributed by atoms with Gasteiger partial charge < -0.3 is 5.32 Å². The standard InChI is InChI=1S/C12H9BrClFN2/c13-9-5-11(15)12(17-7-9)16-6-8-2-1-3-10(14)4-8/h1-5,7H,6H2,(H,16,17). The fraction of sp³-hybridized carbons (Fsp3) is 0.0833. The molecule has 0 aliphatic carbocycles. The number of hydrogen-bond donors (Lipinski definition) is 1. The van der Waals surface area contributed by atoms with Crippen molar-refractivity contribution in [1.82, 2.24) is 4.98 Å². The highest BCUT2D eigenvalue weighted by atomic mass is 79.9. The van der Waals surface area contributed by atoms with E-state index >= 15 is 0 Å². The average molecular weight is 316 g/mol. The highest BCUT2D eigenvalue weighted by Gasteiger charge is 2.03. The third kappa shape index (κ3) is 3.41. The number of rotatable bonds is 3. The van der Waals surface area contributed by atoms with Gasteiger partial charge in [-0.3, -0.25) is 0 Å². The number of hydrogen-bond acceptors (Lipinski definition) is 2. The Morgan fingerprint density at radius 2 is 2.18 bits per heavy atom. The monoisotopic (exact) mass is 314 g/mol. The zero-order valence-corrected chi connectivity index (χ0v) is 11.1. The van der Waals surface area contributed by atoms with E-state index in [1.807, 2.05) is 18.2 Å². The number of benzene rings is 1. The fourth-order valence-corrected chi connectivity index (χ4v) is 1.89. The molecule has 1 aromatic heterocycles. The lowest BCUT2D eigenvalue weighted by atomic mass is 10.2. The summed E-state index contributed by atoms with van der Waals surface area (Å²) in [5, 5.41) is 3.58. The summed E-state index contributed by atoms with van der Waals surface area (Å²) in [4.78, 5) is 3.95. The molecular weight excluding hydrogens is 307 g/mol. The van der Waals surface area contributed by atoms with Gasteiger partial charge in [0.25, 0.3) is 0 Å². The van der Waals surface area contributed by atoms with Crippen molar-refractivity contribution in [2.75, 3.05) is 5.32 Å². The van der Waals surface area contributed by atoms with E-state index in [2.05, 4.69) is 26.2 Å². The van der Waals surface area contributed by atoms with Crippen LogP contribution >= 0.6 is 27.5 Å². The molecule has 0 amide bonds. The quantitative estimate of drug-likeness (QED) is 0.916. The van der Waals surface area contributed by atoms with Crippen LogP contribution in [0.25, 0.3) is 0 Å². The van der Waals surface area contributed by atoms with Crippen molar-refractivity contribution >= 4 is 33.3 Å². The highest BCUT2D eigenvalue weighted by Crippen LogP contribution is 2.17. The molecule has 0 unspecified atom stereocenters. The van der Waals surface area contributed by atoms with E-state index < -0.39 is 0 Å². The molecule has 0 bridgehead atoms. The van der Waals surface area contributed by atoms with Crippen molar-refractivity contribution in [2.45, 2.75) is 6.54 Å². The Labute approximate surface area is 112 Å². The number of halogens is 3. The third-order valence-electron chi connectivity index (χ3n) is 2.16. The third-order valence-corrected chi connectivity index (χ3v) is 2.83. The van der Waals surface area contributed by atoms with Crippen molar-refractivity contribution in [2.24, 2.45) is 0 Å². The van der Waals surface area contributed by atoms with Gasteiger partial charge in [-0.2, -0.15) is 0 Å². The first-order valence-electron chi connectivity index (χ1n) is 4.94. The number of pyridine rings is 1. The smallest absolute Gasteiger partial charge is 0.166 e. The molecule has 5 heteroatoms. The maximum atomic E-state index is 13.5. The minimum absolute atomic E-state index is 0.230. The summed E-state index contributed by atoms with van der Waals surface area (Å²) in [6, 6.07) is 8.75. The Bertz CT molecular complexity index is 534. The topological polar surface area (TPSA) is 24.9 Å². The minimum Gasteiger partial charge on any atom is -0.364 e.